The molecule has 1 atom stereocenters. The van der Waals surface area contributed by atoms with E-state index in [0.717, 1.165) is 5.69 Å². The molecule has 6 nitrogen and oxygen atoms in total. The number of aromatic nitrogens is 2. The predicted molar refractivity (Wildman–Crippen MR) is 88.5 cm³/mol. The first-order valence-electron chi connectivity index (χ1n) is 7.44. The number of carbonyl (C=O) groups excluding carboxylic acids is 1. The first-order valence-corrected chi connectivity index (χ1v) is 7.81. The molecule has 0 radical (unpaired) electrons. The van der Waals surface area contributed by atoms with Gasteiger partial charge in [-0.2, -0.15) is 0 Å². The van der Waals surface area contributed by atoms with Crippen LogP contribution in [-0.2, 0) is 11.2 Å². The van der Waals surface area contributed by atoms with Gasteiger partial charge in [-0.15, -0.1) is 0 Å². The molecule has 0 aliphatic carbocycles. The van der Waals surface area contributed by atoms with Gasteiger partial charge in [0.2, 0.25) is 5.91 Å². The van der Waals surface area contributed by atoms with Crippen LogP contribution in [0, 0.1) is 6.92 Å². The summed E-state index contributed by atoms with van der Waals surface area (Å²) in [5.74, 6) is 1.33. The number of halogens is 1. The van der Waals surface area contributed by atoms with Crippen LogP contribution in [0.1, 0.15) is 30.1 Å². The molecule has 0 saturated carbocycles. The average Bonchev–Trinajstić information content (AvgIpc) is 3.18. The maximum atomic E-state index is 12.2. The van der Waals surface area contributed by atoms with Crippen molar-refractivity contribution >= 4 is 17.5 Å². The minimum absolute atomic E-state index is 0.119. The van der Waals surface area contributed by atoms with Crippen molar-refractivity contribution in [3.8, 4) is 11.7 Å². The van der Waals surface area contributed by atoms with Gasteiger partial charge in [0, 0.05) is 6.20 Å². The van der Waals surface area contributed by atoms with Crippen molar-refractivity contribution in [3.63, 3.8) is 0 Å². The van der Waals surface area contributed by atoms with Crippen molar-refractivity contribution in [2.45, 2.75) is 26.3 Å². The Bertz CT molecular complexity index is 825. The summed E-state index contributed by atoms with van der Waals surface area (Å²) in [5.41, 5.74) is 1.32. The molecule has 0 spiro atoms. The summed E-state index contributed by atoms with van der Waals surface area (Å²) < 4.78 is 10.8. The van der Waals surface area contributed by atoms with Crippen molar-refractivity contribution in [1.82, 2.24) is 15.3 Å². The van der Waals surface area contributed by atoms with Crippen molar-refractivity contribution < 1.29 is 13.6 Å². The van der Waals surface area contributed by atoms with Crippen LogP contribution in [0.3, 0.4) is 0 Å². The quantitative estimate of drug-likeness (QED) is 0.762. The van der Waals surface area contributed by atoms with Gasteiger partial charge in [0.05, 0.1) is 35.1 Å². The SMILES string of the molecule is Cc1oc(-c2ccco2)nc1CC(=O)N[C@@H](C)c1ccc(Cl)cn1. The summed E-state index contributed by atoms with van der Waals surface area (Å²) in [6.45, 7) is 3.63. The number of rotatable bonds is 5. The molecular weight excluding hydrogens is 330 g/mol. The Labute approximate surface area is 143 Å². The largest absolute Gasteiger partial charge is 0.459 e. The van der Waals surface area contributed by atoms with Gasteiger partial charge in [0.25, 0.3) is 5.89 Å². The molecule has 0 bridgehead atoms. The third kappa shape index (κ3) is 3.65. The Hall–Kier alpha value is -2.60. The molecule has 7 heteroatoms. The number of furan rings is 1. The van der Waals surface area contributed by atoms with E-state index in [1.165, 1.54) is 0 Å². The molecule has 0 aliphatic rings. The zero-order valence-corrected chi connectivity index (χ0v) is 14.0. The minimum atomic E-state index is -0.230. The molecule has 0 fully saturated rings. The Kier molecular flexibility index (Phi) is 4.66. The van der Waals surface area contributed by atoms with Crippen molar-refractivity contribution in [2.24, 2.45) is 0 Å². The zero-order chi connectivity index (χ0) is 17.1. The van der Waals surface area contributed by atoms with Gasteiger partial charge >= 0.3 is 0 Å². The zero-order valence-electron chi connectivity index (χ0n) is 13.2. The fraction of sp³-hybridized carbons (Fsp3) is 0.235. The summed E-state index contributed by atoms with van der Waals surface area (Å²) in [6, 6.07) is 6.80. The van der Waals surface area contributed by atoms with E-state index in [0.29, 0.717) is 28.1 Å². The number of aryl methyl sites for hydroxylation is 1. The molecule has 124 valence electrons. The van der Waals surface area contributed by atoms with Crippen LogP contribution in [0.25, 0.3) is 11.7 Å². The lowest BCUT2D eigenvalue weighted by molar-refractivity contribution is -0.121. The van der Waals surface area contributed by atoms with Crippen molar-refractivity contribution in [2.75, 3.05) is 0 Å². The van der Waals surface area contributed by atoms with E-state index in [1.54, 1.807) is 43.6 Å². The number of amides is 1. The number of carbonyl (C=O) groups is 1. The number of oxazole rings is 1. The molecule has 3 rings (SSSR count). The molecule has 3 heterocycles. The van der Waals surface area contributed by atoms with E-state index in [2.05, 4.69) is 15.3 Å². The fourth-order valence-electron chi connectivity index (χ4n) is 2.26. The highest BCUT2D eigenvalue weighted by atomic mass is 35.5. The lowest BCUT2D eigenvalue weighted by atomic mass is 10.2. The molecule has 0 saturated heterocycles. The third-order valence-electron chi connectivity index (χ3n) is 3.52. The number of nitrogens with zero attached hydrogens (tertiary/aromatic N) is 2. The second kappa shape index (κ2) is 6.88. The summed E-state index contributed by atoms with van der Waals surface area (Å²) in [4.78, 5) is 20.8. The standard InChI is InChI=1S/C17H16ClN3O3/c1-10(13-6-5-12(18)9-19-13)20-16(22)8-14-11(2)24-17(21-14)15-4-3-7-23-15/h3-7,9-10H,8H2,1-2H3,(H,20,22)/t10-/m0/s1. The lowest BCUT2D eigenvalue weighted by Crippen LogP contribution is -2.28. The van der Waals surface area contributed by atoms with Crippen LogP contribution in [0.2, 0.25) is 5.02 Å². The molecule has 0 aliphatic heterocycles. The molecule has 24 heavy (non-hydrogen) atoms. The monoisotopic (exact) mass is 345 g/mol. The van der Waals surface area contributed by atoms with Crippen LogP contribution >= 0.6 is 11.6 Å². The predicted octanol–water partition coefficient (Wildman–Crippen LogP) is 3.71. The molecule has 3 aromatic rings. The normalized spacial score (nSPS) is 12.1. The highest BCUT2D eigenvalue weighted by Gasteiger charge is 2.17. The topological polar surface area (TPSA) is 81.2 Å². The summed E-state index contributed by atoms with van der Waals surface area (Å²) >= 11 is 5.82. The van der Waals surface area contributed by atoms with Crippen molar-refractivity contribution in [3.05, 3.63) is 58.9 Å². The van der Waals surface area contributed by atoms with Crippen molar-refractivity contribution in [1.29, 1.82) is 0 Å². The lowest BCUT2D eigenvalue weighted by Gasteiger charge is -2.13. The Morgan fingerprint density at radius 2 is 2.21 bits per heavy atom. The van der Waals surface area contributed by atoms with Crippen LogP contribution in [0.4, 0.5) is 0 Å². The molecule has 0 unspecified atom stereocenters. The molecule has 1 N–H and O–H groups in total. The van der Waals surface area contributed by atoms with Gasteiger partial charge in [-0.25, -0.2) is 4.98 Å². The fourth-order valence-corrected chi connectivity index (χ4v) is 2.37. The van der Waals surface area contributed by atoms with Gasteiger partial charge in [0.1, 0.15) is 5.76 Å². The minimum Gasteiger partial charge on any atom is -0.459 e. The summed E-state index contributed by atoms with van der Waals surface area (Å²) in [5, 5.41) is 3.44. The van der Waals surface area contributed by atoms with Gasteiger partial charge in [0.15, 0.2) is 5.76 Å². The highest BCUT2D eigenvalue weighted by molar-refractivity contribution is 6.30. The maximum Gasteiger partial charge on any atom is 0.263 e. The Morgan fingerprint density at radius 3 is 2.88 bits per heavy atom. The molecule has 0 aromatic carbocycles. The highest BCUT2D eigenvalue weighted by Crippen LogP contribution is 2.22. The number of hydrogen-bond donors (Lipinski definition) is 1. The van der Waals surface area contributed by atoms with E-state index in [9.17, 15) is 4.79 Å². The first-order chi connectivity index (χ1) is 11.5. The van der Waals surface area contributed by atoms with Crippen LogP contribution in [0.5, 0.6) is 0 Å². The van der Waals surface area contributed by atoms with Gasteiger partial charge in [-0.3, -0.25) is 9.78 Å². The third-order valence-corrected chi connectivity index (χ3v) is 3.75. The van der Waals surface area contributed by atoms with Crippen LogP contribution in [-0.4, -0.2) is 15.9 Å². The Morgan fingerprint density at radius 1 is 1.38 bits per heavy atom. The Balaban J connectivity index is 1.65. The number of hydrogen-bond acceptors (Lipinski definition) is 5. The van der Waals surface area contributed by atoms with E-state index in [-0.39, 0.29) is 18.4 Å². The molecule has 3 aromatic heterocycles. The summed E-state index contributed by atoms with van der Waals surface area (Å²) in [7, 11) is 0. The van der Waals surface area contributed by atoms with E-state index < -0.39 is 0 Å². The number of nitrogens with one attached hydrogen (secondary N) is 1. The second-order valence-corrected chi connectivity index (χ2v) is 5.80. The average molecular weight is 346 g/mol. The molecule has 1 amide bonds. The van der Waals surface area contributed by atoms with Gasteiger partial charge in [-0.1, -0.05) is 11.6 Å². The van der Waals surface area contributed by atoms with E-state index in [1.807, 2.05) is 6.92 Å². The maximum absolute atomic E-state index is 12.2. The van der Waals surface area contributed by atoms with E-state index >= 15 is 0 Å². The first kappa shape index (κ1) is 16.3. The second-order valence-electron chi connectivity index (χ2n) is 5.37. The van der Waals surface area contributed by atoms with Crippen LogP contribution in [0.15, 0.2) is 45.6 Å². The molecular formula is C17H16ClN3O3. The summed E-state index contributed by atoms with van der Waals surface area (Å²) in [6.07, 6.45) is 3.22. The smallest absolute Gasteiger partial charge is 0.263 e. The van der Waals surface area contributed by atoms with Crippen LogP contribution < -0.4 is 5.32 Å². The van der Waals surface area contributed by atoms with E-state index in [4.69, 9.17) is 20.4 Å². The van der Waals surface area contributed by atoms with Gasteiger partial charge in [-0.05, 0) is 38.1 Å². The number of pyridine rings is 1. The van der Waals surface area contributed by atoms with Gasteiger partial charge < -0.3 is 14.2 Å².